The number of hydrogen-bond donors (Lipinski definition) is 1. The number of benzene rings is 1. The van der Waals surface area contributed by atoms with Crippen molar-refractivity contribution in [2.45, 2.75) is 19.4 Å². The molecule has 0 bridgehead atoms. The van der Waals surface area contributed by atoms with E-state index in [1.54, 1.807) is 12.1 Å². The molecular formula is C16H16ClN3O. The highest BCUT2D eigenvalue weighted by atomic mass is 35.5. The highest BCUT2D eigenvalue weighted by Crippen LogP contribution is 2.31. The third-order valence-corrected chi connectivity index (χ3v) is 3.88. The zero-order chi connectivity index (χ0) is 14.8. The number of rotatable bonds is 3. The maximum absolute atomic E-state index is 12.2. The van der Waals surface area contributed by atoms with Crippen LogP contribution in [0.15, 0.2) is 42.6 Å². The van der Waals surface area contributed by atoms with Crippen LogP contribution in [-0.2, 0) is 11.2 Å². The average Bonchev–Trinajstić information content (AvgIpc) is 2.78. The van der Waals surface area contributed by atoms with Crippen LogP contribution < -0.4 is 10.2 Å². The molecule has 21 heavy (non-hydrogen) atoms. The molecule has 0 spiro atoms. The topological polar surface area (TPSA) is 45.2 Å². The van der Waals surface area contributed by atoms with Crippen LogP contribution in [0.25, 0.3) is 0 Å². The molecule has 0 aliphatic carbocycles. The first-order valence-corrected chi connectivity index (χ1v) is 7.27. The molecule has 4 nitrogen and oxygen atoms in total. The number of amides is 1. The number of fused-ring (bicyclic) bond motifs is 1. The van der Waals surface area contributed by atoms with E-state index in [1.807, 2.05) is 12.1 Å². The second kappa shape index (κ2) is 5.74. The molecule has 3 rings (SSSR count). The molecular weight excluding hydrogens is 286 g/mol. The molecule has 2 aromatic rings. The van der Waals surface area contributed by atoms with Crippen molar-refractivity contribution in [1.82, 2.24) is 4.98 Å². The average molecular weight is 302 g/mol. The maximum atomic E-state index is 12.2. The number of pyridine rings is 1. The highest BCUT2D eigenvalue weighted by Gasteiger charge is 2.26. The summed E-state index contributed by atoms with van der Waals surface area (Å²) in [6.07, 6.45) is 2.49. The van der Waals surface area contributed by atoms with Crippen molar-refractivity contribution in [1.29, 1.82) is 0 Å². The molecule has 1 unspecified atom stereocenters. The van der Waals surface area contributed by atoms with Gasteiger partial charge in [0.25, 0.3) is 0 Å². The smallest absolute Gasteiger partial charge is 0.245 e. The van der Waals surface area contributed by atoms with E-state index >= 15 is 0 Å². The van der Waals surface area contributed by atoms with Crippen LogP contribution in [0.1, 0.15) is 12.5 Å². The lowest BCUT2D eigenvalue weighted by Gasteiger charge is -2.24. The van der Waals surface area contributed by atoms with Gasteiger partial charge in [0, 0.05) is 17.9 Å². The molecule has 1 N–H and O–H groups in total. The fourth-order valence-corrected chi connectivity index (χ4v) is 2.77. The number of carbonyl (C=O) groups excluding carboxylic acids is 1. The third kappa shape index (κ3) is 3.00. The Balaban J connectivity index is 1.69. The quantitative estimate of drug-likeness (QED) is 0.947. The largest absolute Gasteiger partial charge is 0.359 e. The van der Waals surface area contributed by atoms with Gasteiger partial charge in [-0.3, -0.25) is 4.79 Å². The lowest BCUT2D eigenvalue weighted by Crippen LogP contribution is -2.37. The van der Waals surface area contributed by atoms with E-state index in [4.69, 9.17) is 11.6 Å². The van der Waals surface area contributed by atoms with Gasteiger partial charge in [-0.2, -0.15) is 0 Å². The van der Waals surface area contributed by atoms with Crippen molar-refractivity contribution < 1.29 is 4.79 Å². The van der Waals surface area contributed by atoms with E-state index in [-0.39, 0.29) is 5.91 Å². The first-order chi connectivity index (χ1) is 10.1. The summed E-state index contributed by atoms with van der Waals surface area (Å²) in [5.74, 6) is 0.443. The number of para-hydroxylation sites is 1. The number of carbonyl (C=O) groups is 1. The molecule has 1 aromatic heterocycles. The second-order valence-corrected chi connectivity index (χ2v) is 5.66. The number of hydrogen-bond acceptors (Lipinski definition) is 3. The minimum Gasteiger partial charge on any atom is -0.359 e. The summed E-state index contributed by atoms with van der Waals surface area (Å²) in [4.78, 5) is 18.4. The van der Waals surface area contributed by atoms with Crippen molar-refractivity contribution in [3.05, 3.63) is 53.2 Å². The van der Waals surface area contributed by atoms with Gasteiger partial charge >= 0.3 is 0 Å². The molecule has 5 heteroatoms. The number of anilines is 2. The number of aromatic nitrogens is 1. The summed E-state index contributed by atoms with van der Waals surface area (Å²) in [7, 11) is 0. The van der Waals surface area contributed by atoms with E-state index in [2.05, 4.69) is 34.3 Å². The predicted molar refractivity (Wildman–Crippen MR) is 84.8 cm³/mol. The summed E-state index contributed by atoms with van der Waals surface area (Å²) in [6, 6.07) is 11.9. The minimum absolute atomic E-state index is 0.0756. The Labute approximate surface area is 128 Å². The molecule has 108 valence electrons. The van der Waals surface area contributed by atoms with E-state index in [0.29, 0.717) is 23.4 Å². The van der Waals surface area contributed by atoms with E-state index in [1.165, 1.54) is 11.8 Å². The fourth-order valence-electron chi connectivity index (χ4n) is 2.66. The Kier molecular flexibility index (Phi) is 3.80. The molecule has 2 heterocycles. The molecule has 0 saturated heterocycles. The number of nitrogens with one attached hydrogen (secondary N) is 1. The van der Waals surface area contributed by atoms with Gasteiger partial charge in [-0.15, -0.1) is 0 Å². The van der Waals surface area contributed by atoms with Crippen LogP contribution in [0.2, 0.25) is 5.02 Å². The molecule has 1 aliphatic heterocycles. The first kappa shape index (κ1) is 13.9. The van der Waals surface area contributed by atoms with E-state index in [0.717, 1.165) is 12.1 Å². The molecule has 1 aromatic carbocycles. The normalized spacial score (nSPS) is 16.7. The fraction of sp³-hybridized carbons (Fsp3) is 0.250. The van der Waals surface area contributed by atoms with Crippen molar-refractivity contribution in [3.8, 4) is 0 Å². The number of nitrogens with zero attached hydrogens (tertiary/aromatic N) is 2. The van der Waals surface area contributed by atoms with Gasteiger partial charge in [-0.05, 0) is 37.1 Å². The Morgan fingerprint density at radius 1 is 1.38 bits per heavy atom. The zero-order valence-electron chi connectivity index (χ0n) is 11.7. The summed E-state index contributed by atoms with van der Waals surface area (Å²) in [5.41, 5.74) is 2.44. The van der Waals surface area contributed by atoms with Gasteiger partial charge in [-0.25, -0.2) is 4.98 Å². The molecule has 0 radical (unpaired) electrons. The summed E-state index contributed by atoms with van der Waals surface area (Å²) >= 11 is 5.78. The van der Waals surface area contributed by atoms with Crippen molar-refractivity contribution in [2.24, 2.45) is 0 Å². The molecule has 0 saturated carbocycles. The van der Waals surface area contributed by atoms with E-state index < -0.39 is 0 Å². The van der Waals surface area contributed by atoms with Gasteiger partial charge in [0.15, 0.2) is 0 Å². The van der Waals surface area contributed by atoms with Crippen LogP contribution in [0.3, 0.4) is 0 Å². The van der Waals surface area contributed by atoms with Crippen LogP contribution in [0.5, 0.6) is 0 Å². The Morgan fingerprint density at radius 3 is 2.95 bits per heavy atom. The van der Waals surface area contributed by atoms with Gasteiger partial charge < -0.3 is 10.2 Å². The summed E-state index contributed by atoms with van der Waals surface area (Å²) in [5, 5.41) is 3.35. The first-order valence-electron chi connectivity index (χ1n) is 6.89. The van der Waals surface area contributed by atoms with Gasteiger partial charge in [0.1, 0.15) is 5.82 Å². The van der Waals surface area contributed by atoms with Gasteiger partial charge in [-0.1, -0.05) is 29.8 Å². The number of halogens is 1. The van der Waals surface area contributed by atoms with Gasteiger partial charge in [0.2, 0.25) is 5.91 Å². The third-order valence-electron chi connectivity index (χ3n) is 3.66. The van der Waals surface area contributed by atoms with Crippen molar-refractivity contribution >= 4 is 29.0 Å². The molecule has 1 amide bonds. The lowest BCUT2D eigenvalue weighted by molar-refractivity contribution is -0.115. The minimum atomic E-state index is -0.0756. The van der Waals surface area contributed by atoms with Crippen molar-refractivity contribution in [2.75, 3.05) is 16.8 Å². The molecule has 0 fully saturated rings. The van der Waals surface area contributed by atoms with Crippen molar-refractivity contribution in [3.63, 3.8) is 0 Å². The summed E-state index contributed by atoms with van der Waals surface area (Å²) in [6.45, 7) is 2.45. The standard InChI is InChI=1S/C16H16ClN3O/c1-11-8-12-4-2-3-5-14(12)20(11)10-16(21)19-15-7-6-13(17)9-18-15/h2-7,9,11H,8,10H2,1H3,(H,18,19,21). The second-order valence-electron chi connectivity index (χ2n) is 5.22. The van der Waals surface area contributed by atoms with Crippen LogP contribution >= 0.6 is 11.6 Å². The monoisotopic (exact) mass is 301 g/mol. The van der Waals surface area contributed by atoms with Crippen LogP contribution in [0, 0.1) is 0 Å². The Hall–Kier alpha value is -2.07. The Bertz CT molecular complexity index is 657. The Morgan fingerprint density at radius 2 is 2.19 bits per heavy atom. The lowest BCUT2D eigenvalue weighted by atomic mass is 10.1. The molecule has 1 atom stereocenters. The highest BCUT2D eigenvalue weighted by molar-refractivity contribution is 6.30. The SMILES string of the molecule is CC1Cc2ccccc2N1CC(=O)Nc1ccc(Cl)cn1. The zero-order valence-corrected chi connectivity index (χ0v) is 12.5. The predicted octanol–water partition coefficient (Wildman–Crippen LogP) is 3.12. The summed E-state index contributed by atoms with van der Waals surface area (Å²) < 4.78 is 0. The molecule has 1 aliphatic rings. The van der Waals surface area contributed by atoms with Crippen LogP contribution in [0.4, 0.5) is 11.5 Å². The van der Waals surface area contributed by atoms with Gasteiger partial charge in [0.05, 0.1) is 11.6 Å². The maximum Gasteiger partial charge on any atom is 0.245 e. The van der Waals surface area contributed by atoms with E-state index in [9.17, 15) is 4.79 Å². The van der Waals surface area contributed by atoms with Crippen LogP contribution in [-0.4, -0.2) is 23.5 Å².